The molecule has 0 aromatic heterocycles. The van der Waals surface area contributed by atoms with Crippen LogP contribution in [0.4, 0.5) is 0 Å². The third kappa shape index (κ3) is 8.49. The molecule has 3 heterocycles. The van der Waals surface area contributed by atoms with E-state index in [1.54, 1.807) is 0 Å². The zero-order valence-electron chi connectivity index (χ0n) is 37.4. The minimum Gasteiger partial charge on any atom is -0.393 e. The van der Waals surface area contributed by atoms with Crippen LogP contribution in [0.5, 0.6) is 0 Å². The highest BCUT2D eigenvalue weighted by Gasteiger charge is 2.83. The summed E-state index contributed by atoms with van der Waals surface area (Å²) in [5, 5.41) is -7.93. The molecule has 0 aromatic carbocycles. The van der Waals surface area contributed by atoms with Crippen LogP contribution in [-0.4, -0.2) is 85.3 Å². The minimum atomic E-state index is -4.75. The third-order valence-corrected chi connectivity index (χ3v) is 45.0. The van der Waals surface area contributed by atoms with Gasteiger partial charge in [-0.15, -0.1) is 0 Å². The van der Waals surface area contributed by atoms with Crippen LogP contribution < -0.4 is 0 Å². The maximum absolute atomic E-state index is 13.5. The topological polar surface area (TPSA) is 153 Å². The fourth-order valence-corrected chi connectivity index (χ4v) is 51.8. The summed E-state index contributed by atoms with van der Waals surface area (Å²) in [5.74, 6) is 0. The van der Waals surface area contributed by atoms with E-state index >= 15 is 0 Å². The molecule has 1 radical (unpaired) electrons. The van der Waals surface area contributed by atoms with Crippen LogP contribution in [0.15, 0.2) is 0 Å². The Morgan fingerprint density at radius 3 is 0.642 bits per heavy atom. The summed E-state index contributed by atoms with van der Waals surface area (Å²) < 4.78 is 73.8. The Morgan fingerprint density at radius 2 is 0.472 bits per heavy atom. The molecular weight excluding hydrogens is 817 g/mol. The monoisotopic (exact) mass is 891 g/mol. The second kappa shape index (κ2) is 13.4. The fraction of sp³-hybridized carbons (Fsp3) is 1.00. The van der Waals surface area contributed by atoms with E-state index in [9.17, 15) is 14.4 Å². The van der Waals surface area contributed by atoms with Crippen molar-refractivity contribution >= 4 is 70.9 Å². The predicted octanol–water partition coefficient (Wildman–Crippen LogP) is 8.63. The van der Waals surface area contributed by atoms with Gasteiger partial charge in [-0.25, -0.2) is 0 Å². The first-order valence-electron chi connectivity index (χ1n) is 18.8. The van der Waals surface area contributed by atoms with E-state index in [1.807, 2.05) is 166 Å². The zero-order valence-corrected chi connectivity index (χ0v) is 45.4. The highest BCUT2D eigenvalue weighted by molar-refractivity contribution is 6.99. The normalized spacial score (nSPS) is 39.7. The van der Waals surface area contributed by atoms with Gasteiger partial charge in [0.05, 0.1) is 0 Å². The first kappa shape index (κ1) is 48.6. The molecule has 5 atom stereocenters. The lowest BCUT2D eigenvalue weighted by Gasteiger charge is -2.63. The average molecular weight is 893 g/mol. The lowest BCUT2D eigenvalue weighted by atomic mass is 10.3. The standard InChI is InChI=1S/C32H75O13Si8/c1-25(2,3)46-36-50(29(13,14)15)38-47(33,26(4,5)6)40-52(31(19,20)21)41-48(34,27(7,8)9)39-51(37-46,30(16,17)18)45-53(44-50,32(22,23)24)43-49(35,42-52)28(10,11)12/h33-35H,1-24H3. The lowest BCUT2D eigenvalue weighted by molar-refractivity contribution is -0.00778. The van der Waals surface area contributed by atoms with Crippen LogP contribution in [0, 0.1) is 0 Å². The molecule has 13 nitrogen and oxygen atoms in total. The van der Waals surface area contributed by atoms with Crippen LogP contribution in [0.3, 0.4) is 0 Å². The fourth-order valence-electron chi connectivity index (χ4n) is 5.09. The summed E-state index contributed by atoms with van der Waals surface area (Å²) in [6.45, 7) is 45.5. The number of rotatable bonds is 0. The van der Waals surface area contributed by atoms with Crippen molar-refractivity contribution in [2.45, 2.75) is 206 Å². The van der Waals surface area contributed by atoms with Gasteiger partial charge >= 0.3 is 70.9 Å². The molecule has 3 N–H and O–H groups in total. The van der Waals surface area contributed by atoms with Gasteiger partial charge in [0.15, 0.2) is 0 Å². The average Bonchev–Trinajstić information content (AvgIpc) is 2.80. The molecule has 0 aromatic rings. The van der Waals surface area contributed by atoms with E-state index in [0.29, 0.717) is 0 Å². The number of fused-ring (bicyclic) bond motifs is 5. The molecule has 313 valence electrons. The zero-order chi connectivity index (χ0) is 42.1. The smallest absolute Gasteiger partial charge is 0.393 e. The Kier molecular flexibility index (Phi) is 12.2. The summed E-state index contributed by atoms with van der Waals surface area (Å²) in [5.41, 5.74) is 0. The van der Waals surface area contributed by atoms with Gasteiger partial charge in [-0.3, -0.25) is 0 Å². The van der Waals surface area contributed by atoms with E-state index in [1.165, 1.54) is 0 Å². The quantitative estimate of drug-likeness (QED) is 0.199. The summed E-state index contributed by atoms with van der Waals surface area (Å²) in [6.07, 6.45) is 0. The van der Waals surface area contributed by atoms with E-state index in [2.05, 4.69) is 0 Å². The van der Waals surface area contributed by atoms with E-state index in [-0.39, 0.29) is 0 Å². The first-order chi connectivity index (χ1) is 22.7. The molecule has 0 spiro atoms. The second-order valence-electron chi connectivity index (χ2n) is 23.3. The van der Waals surface area contributed by atoms with Gasteiger partial charge in [0.2, 0.25) is 0 Å². The Morgan fingerprint density at radius 1 is 0.283 bits per heavy atom. The van der Waals surface area contributed by atoms with E-state index in [0.717, 1.165) is 0 Å². The molecule has 3 saturated heterocycles. The first-order valence-corrected chi connectivity index (χ1v) is 32.3. The Labute approximate surface area is 331 Å². The summed E-state index contributed by atoms with van der Waals surface area (Å²) in [4.78, 5) is 40.4. The molecule has 53 heavy (non-hydrogen) atoms. The van der Waals surface area contributed by atoms with Gasteiger partial charge in [-0.05, 0) is 0 Å². The molecule has 21 heteroatoms. The van der Waals surface area contributed by atoms with Crippen molar-refractivity contribution < 1.29 is 55.5 Å². The maximum atomic E-state index is 13.5. The molecule has 4 bridgehead atoms. The van der Waals surface area contributed by atoms with Gasteiger partial charge in [0.25, 0.3) is 0 Å². The van der Waals surface area contributed by atoms with Crippen molar-refractivity contribution in [2.75, 3.05) is 0 Å². The summed E-state index contributed by atoms with van der Waals surface area (Å²) in [6, 6.07) is 0. The number of hydrogen-bond acceptors (Lipinski definition) is 13. The Bertz CT molecular complexity index is 1280. The molecule has 0 aliphatic carbocycles. The van der Waals surface area contributed by atoms with E-state index < -0.39 is 111 Å². The molecule has 3 aliphatic heterocycles. The van der Waals surface area contributed by atoms with Crippen LogP contribution in [-0.2, 0) is 41.2 Å². The molecular formula is C32H75O13Si8. The van der Waals surface area contributed by atoms with Crippen LogP contribution >= 0.6 is 0 Å². The van der Waals surface area contributed by atoms with Crippen molar-refractivity contribution in [1.82, 2.24) is 0 Å². The second-order valence-corrected chi connectivity index (χ2v) is 52.0. The van der Waals surface area contributed by atoms with Crippen molar-refractivity contribution in [2.24, 2.45) is 0 Å². The lowest BCUT2D eigenvalue weighted by Crippen LogP contribution is -2.85. The van der Waals surface area contributed by atoms with Crippen LogP contribution in [0.25, 0.3) is 0 Å². The van der Waals surface area contributed by atoms with Gasteiger partial charge in [-0.1, -0.05) is 166 Å². The van der Waals surface area contributed by atoms with E-state index in [4.69, 9.17) is 41.2 Å². The minimum absolute atomic E-state index is 0.652. The van der Waals surface area contributed by atoms with Crippen molar-refractivity contribution in [3.63, 3.8) is 0 Å². The maximum Gasteiger partial charge on any atom is 0.489 e. The van der Waals surface area contributed by atoms with Gasteiger partial charge < -0.3 is 55.5 Å². The highest BCUT2D eigenvalue weighted by Crippen LogP contribution is 2.62. The molecule has 0 amide bonds. The SMILES string of the molecule is CC(C)(C)[Si]1O[Si]2(C(C)(C)C)O[Si](O)(C(C)(C)C)O[Si]3(C(C)(C)C)O[Si](O)(C(C)(C)C)O[Si](C(C)(C)C)(O1)O[Si](C(C)(C)C)(O[Si](O)(C(C)(C)C)O3)O2. The third-order valence-electron chi connectivity index (χ3n) is 9.76. The largest absolute Gasteiger partial charge is 0.489 e. The van der Waals surface area contributed by atoms with Crippen LogP contribution in [0.1, 0.15) is 166 Å². The predicted molar refractivity (Wildman–Crippen MR) is 221 cm³/mol. The van der Waals surface area contributed by atoms with Crippen molar-refractivity contribution in [1.29, 1.82) is 0 Å². The highest BCUT2D eigenvalue weighted by atomic mass is 28.6. The van der Waals surface area contributed by atoms with Crippen LogP contribution in [0.2, 0.25) is 40.3 Å². The molecule has 3 fully saturated rings. The van der Waals surface area contributed by atoms with Gasteiger partial charge in [0.1, 0.15) is 0 Å². The Hall–Kier alpha value is 1.22. The molecule has 5 unspecified atom stereocenters. The molecule has 0 saturated carbocycles. The van der Waals surface area contributed by atoms with Crippen molar-refractivity contribution in [3.8, 4) is 0 Å². The molecule has 3 rings (SSSR count). The summed E-state index contributed by atoms with van der Waals surface area (Å²) in [7, 11) is -35.0. The van der Waals surface area contributed by atoms with Gasteiger partial charge in [-0.2, -0.15) is 0 Å². The number of hydrogen-bond donors (Lipinski definition) is 3. The molecule has 3 aliphatic rings. The van der Waals surface area contributed by atoms with Crippen molar-refractivity contribution in [3.05, 3.63) is 0 Å². The van der Waals surface area contributed by atoms with Gasteiger partial charge in [0, 0.05) is 40.3 Å². The summed E-state index contributed by atoms with van der Waals surface area (Å²) >= 11 is 0. The Balaban J connectivity index is 2.94.